The van der Waals surface area contributed by atoms with Crippen molar-refractivity contribution in [2.45, 2.75) is 38.4 Å². The van der Waals surface area contributed by atoms with E-state index in [-0.39, 0.29) is 23.3 Å². The summed E-state index contributed by atoms with van der Waals surface area (Å²) in [5.41, 5.74) is 0. The topological polar surface area (TPSA) is 72.5 Å². The molecule has 18 heavy (non-hydrogen) atoms. The predicted molar refractivity (Wildman–Crippen MR) is 70.1 cm³/mol. The second-order valence-corrected chi connectivity index (χ2v) is 7.19. The fourth-order valence-electron chi connectivity index (χ4n) is 2.25. The minimum Gasteiger partial charge on any atom is -0.466 e. The van der Waals surface area contributed by atoms with E-state index in [1.807, 2.05) is 0 Å². The van der Waals surface area contributed by atoms with E-state index in [1.165, 1.54) is 0 Å². The maximum absolute atomic E-state index is 12.1. The van der Waals surface area contributed by atoms with E-state index in [0.717, 1.165) is 25.9 Å². The summed E-state index contributed by atoms with van der Waals surface area (Å²) in [4.78, 5) is 11.2. The van der Waals surface area contributed by atoms with E-state index in [1.54, 1.807) is 13.8 Å². The molecule has 0 spiro atoms. The third kappa shape index (κ3) is 4.57. The van der Waals surface area contributed by atoms with Gasteiger partial charge in [0.25, 0.3) is 0 Å². The summed E-state index contributed by atoms with van der Waals surface area (Å²) in [5, 5.41) is 2.85. The molecule has 0 radical (unpaired) electrons. The lowest BCUT2D eigenvalue weighted by Gasteiger charge is -2.27. The number of ether oxygens (including phenoxy) is 1. The Kier molecular flexibility index (Phi) is 6.08. The van der Waals surface area contributed by atoms with E-state index in [4.69, 9.17) is 4.74 Å². The summed E-state index contributed by atoms with van der Waals surface area (Å²) in [7, 11) is -3.20. The van der Waals surface area contributed by atoms with Gasteiger partial charge in [-0.15, -0.1) is 0 Å². The van der Waals surface area contributed by atoms with Gasteiger partial charge in [0.2, 0.25) is 0 Å². The molecule has 6 heteroatoms. The van der Waals surface area contributed by atoms with Crippen LogP contribution in [0.4, 0.5) is 0 Å². The highest BCUT2D eigenvalue weighted by Crippen LogP contribution is 2.22. The van der Waals surface area contributed by atoms with Crippen LogP contribution in [0.25, 0.3) is 0 Å². The maximum Gasteiger partial charge on any atom is 0.306 e. The van der Waals surface area contributed by atoms with Crippen molar-refractivity contribution in [1.82, 2.24) is 5.32 Å². The molecule has 1 aliphatic rings. The number of hydrogen-bond acceptors (Lipinski definition) is 5. The Morgan fingerprint density at radius 1 is 1.39 bits per heavy atom. The highest BCUT2D eigenvalue weighted by atomic mass is 32.2. The molecular formula is C12H23NO4S. The first kappa shape index (κ1) is 15.4. The molecule has 1 saturated heterocycles. The fraction of sp³-hybridized carbons (Fsp3) is 0.917. The molecule has 1 N–H and O–H groups in total. The third-order valence-corrected chi connectivity index (χ3v) is 5.80. The van der Waals surface area contributed by atoms with Crippen molar-refractivity contribution in [2.24, 2.45) is 5.92 Å². The highest BCUT2D eigenvalue weighted by molar-refractivity contribution is 7.92. The number of piperidine rings is 1. The average Bonchev–Trinajstić information content (AvgIpc) is 2.37. The maximum atomic E-state index is 12.1. The quantitative estimate of drug-likeness (QED) is 0.725. The fourth-order valence-corrected chi connectivity index (χ4v) is 3.93. The van der Waals surface area contributed by atoms with Gasteiger partial charge in [0, 0.05) is 0 Å². The number of esters is 1. The first-order chi connectivity index (χ1) is 8.47. The number of sulfone groups is 1. The van der Waals surface area contributed by atoms with Crippen LogP contribution in [0.3, 0.4) is 0 Å². The van der Waals surface area contributed by atoms with Crippen LogP contribution in [0.15, 0.2) is 0 Å². The van der Waals surface area contributed by atoms with Gasteiger partial charge in [0.1, 0.15) is 0 Å². The van der Waals surface area contributed by atoms with Crippen molar-refractivity contribution < 1.29 is 17.9 Å². The molecule has 0 aromatic rings. The molecule has 0 saturated carbocycles. The van der Waals surface area contributed by atoms with Crippen molar-refractivity contribution in [3.05, 3.63) is 0 Å². The smallest absolute Gasteiger partial charge is 0.306 e. The number of carbonyl (C=O) groups is 1. The molecule has 106 valence electrons. The Morgan fingerprint density at radius 2 is 2.00 bits per heavy atom. The van der Waals surface area contributed by atoms with Crippen LogP contribution in [0.5, 0.6) is 0 Å². The van der Waals surface area contributed by atoms with Crippen LogP contribution in [0.1, 0.15) is 33.1 Å². The van der Waals surface area contributed by atoms with Crippen molar-refractivity contribution in [3.8, 4) is 0 Å². The molecule has 5 nitrogen and oxygen atoms in total. The Morgan fingerprint density at radius 3 is 2.56 bits per heavy atom. The number of hydrogen-bond donors (Lipinski definition) is 1. The largest absolute Gasteiger partial charge is 0.466 e. The molecule has 1 rings (SSSR count). The van der Waals surface area contributed by atoms with Crippen molar-refractivity contribution in [1.29, 1.82) is 0 Å². The summed E-state index contributed by atoms with van der Waals surface area (Å²) in [6.07, 6.45) is 1.74. The van der Waals surface area contributed by atoms with Gasteiger partial charge in [-0.3, -0.25) is 4.79 Å². The molecule has 1 unspecified atom stereocenters. The van der Waals surface area contributed by atoms with E-state index in [2.05, 4.69) is 5.32 Å². The van der Waals surface area contributed by atoms with Gasteiger partial charge in [-0.2, -0.15) is 0 Å². The second kappa shape index (κ2) is 7.09. The number of nitrogens with one attached hydrogen (secondary N) is 1. The minimum atomic E-state index is -3.20. The Balaban J connectivity index is 2.48. The van der Waals surface area contributed by atoms with E-state index >= 15 is 0 Å². The van der Waals surface area contributed by atoms with Crippen LogP contribution < -0.4 is 5.32 Å². The molecule has 1 atom stereocenters. The first-order valence-corrected chi connectivity index (χ1v) is 8.27. The molecule has 0 amide bonds. The second-order valence-electron chi connectivity index (χ2n) is 4.71. The van der Waals surface area contributed by atoms with Crippen molar-refractivity contribution >= 4 is 15.8 Å². The third-order valence-electron chi connectivity index (χ3n) is 3.51. The molecule has 0 aromatic heterocycles. The number of rotatable bonds is 6. The predicted octanol–water partition coefficient (Wildman–Crippen LogP) is 0.742. The van der Waals surface area contributed by atoms with Crippen LogP contribution in [0.2, 0.25) is 0 Å². The molecule has 1 heterocycles. The number of carbonyl (C=O) groups excluding carboxylic acids is 1. The molecular weight excluding hydrogens is 254 g/mol. The van der Waals surface area contributed by atoms with E-state index in [9.17, 15) is 13.2 Å². The van der Waals surface area contributed by atoms with Gasteiger partial charge < -0.3 is 10.1 Å². The highest BCUT2D eigenvalue weighted by Gasteiger charge is 2.30. The monoisotopic (exact) mass is 277 g/mol. The van der Waals surface area contributed by atoms with Crippen molar-refractivity contribution in [2.75, 3.05) is 25.4 Å². The zero-order valence-corrected chi connectivity index (χ0v) is 12.0. The van der Waals surface area contributed by atoms with Gasteiger partial charge in [0.05, 0.1) is 24.0 Å². The Labute approximate surface area is 109 Å². The summed E-state index contributed by atoms with van der Waals surface area (Å²) in [6, 6.07) is 0. The summed E-state index contributed by atoms with van der Waals surface area (Å²) >= 11 is 0. The van der Waals surface area contributed by atoms with E-state index < -0.39 is 15.8 Å². The summed E-state index contributed by atoms with van der Waals surface area (Å²) < 4.78 is 29.0. The average molecular weight is 277 g/mol. The first-order valence-electron chi connectivity index (χ1n) is 6.55. The lowest BCUT2D eigenvalue weighted by Crippen LogP contribution is -2.37. The Bertz CT molecular complexity index is 360. The van der Waals surface area contributed by atoms with Crippen LogP contribution in [0, 0.1) is 5.92 Å². The summed E-state index contributed by atoms with van der Waals surface area (Å²) in [6.45, 7) is 5.52. The van der Waals surface area contributed by atoms with Gasteiger partial charge in [-0.05, 0) is 45.7 Å². The molecule has 0 bridgehead atoms. The lowest BCUT2D eigenvalue weighted by molar-refractivity contribution is -0.142. The molecule has 0 aromatic carbocycles. The SMILES string of the molecule is CCOC(=O)CCS(=O)(=O)C(C)C1CCNCC1. The Hall–Kier alpha value is -0.620. The lowest BCUT2D eigenvalue weighted by atomic mass is 9.95. The van der Waals surface area contributed by atoms with Crippen LogP contribution >= 0.6 is 0 Å². The minimum absolute atomic E-state index is 0.0362. The van der Waals surface area contributed by atoms with Crippen molar-refractivity contribution in [3.63, 3.8) is 0 Å². The zero-order valence-electron chi connectivity index (χ0n) is 11.1. The van der Waals surface area contributed by atoms with Gasteiger partial charge in [0.15, 0.2) is 9.84 Å². The standard InChI is InChI=1S/C12H23NO4S/c1-3-17-12(14)6-9-18(15,16)10(2)11-4-7-13-8-5-11/h10-11,13H,3-9H2,1-2H3. The van der Waals surface area contributed by atoms with Gasteiger partial charge >= 0.3 is 5.97 Å². The molecule has 1 fully saturated rings. The van der Waals surface area contributed by atoms with Gasteiger partial charge in [-0.1, -0.05) is 0 Å². The summed E-state index contributed by atoms with van der Waals surface area (Å²) in [5.74, 6) is -0.325. The van der Waals surface area contributed by atoms with Crippen LogP contribution in [-0.4, -0.2) is 45.1 Å². The normalized spacial score (nSPS) is 19.4. The molecule has 0 aliphatic carbocycles. The zero-order chi connectivity index (χ0) is 13.6. The molecule has 1 aliphatic heterocycles. The van der Waals surface area contributed by atoms with E-state index in [0.29, 0.717) is 6.61 Å². The van der Waals surface area contributed by atoms with Gasteiger partial charge in [-0.25, -0.2) is 8.42 Å². The van der Waals surface area contributed by atoms with Crippen LogP contribution in [-0.2, 0) is 19.4 Å².